The number of hydrogen-bond donors (Lipinski definition) is 1. The Hall–Kier alpha value is -2.43. The average Bonchev–Trinajstić information content (AvgIpc) is 2.48. The molecule has 0 atom stereocenters. The molecule has 0 aliphatic carbocycles. The topological polar surface area (TPSA) is 66.6 Å². The van der Waals surface area contributed by atoms with Crippen LogP contribution < -0.4 is 19.9 Å². The van der Waals surface area contributed by atoms with Crippen molar-refractivity contribution in [3.63, 3.8) is 0 Å². The Labute approximate surface area is 118 Å². The van der Waals surface area contributed by atoms with E-state index in [1.807, 2.05) is 13.0 Å². The Balaban J connectivity index is 2.21. The van der Waals surface area contributed by atoms with Crippen molar-refractivity contribution in [3.8, 4) is 23.1 Å². The molecule has 20 heavy (non-hydrogen) atoms. The van der Waals surface area contributed by atoms with Gasteiger partial charge in [-0.25, -0.2) is 4.98 Å². The monoisotopic (exact) mass is 274 g/mol. The van der Waals surface area contributed by atoms with Gasteiger partial charge in [-0.15, -0.1) is 0 Å². The smallest absolute Gasteiger partial charge is 0.262 e. The first-order chi connectivity index (χ1) is 9.74. The van der Waals surface area contributed by atoms with Gasteiger partial charge in [-0.1, -0.05) is 6.92 Å². The zero-order chi connectivity index (χ0) is 14.4. The number of benzene rings is 1. The second-order valence-electron chi connectivity index (χ2n) is 4.16. The number of nitrogen functional groups attached to an aromatic ring is 1. The maximum atomic E-state index is 5.92. The fraction of sp³-hybridized carbons (Fsp3) is 0.267. The number of hydrogen-bond acceptors (Lipinski definition) is 5. The van der Waals surface area contributed by atoms with E-state index in [1.165, 1.54) is 0 Å². The lowest BCUT2D eigenvalue weighted by molar-refractivity contribution is 0.298. The van der Waals surface area contributed by atoms with Crippen LogP contribution >= 0.6 is 0 Å². The third-order valence-corrected chi connectivity index (χ3v) is 2.62. The van der Waals surface area contributed by atoms with Crippen LogP contribution in [0.3, 0.4) is 0 Å². The fourth-order valence-corrected chi connectivity index (χ4v) is 1.63. The highest BCUT2D eigenvalue weighted by atomic mass is 16.5. The molecule has 1 aromatic carbocycles. The number of aromatic nitrogens is 1. The summed E-state index contributed by atoms with van der Waals surface area (Å²) in [6.07, 6.45) is 2.56. The standard InChI is InChI=1S/C15H18N2O3/c1-3-9-19-14-5-4-8-17-15(14)20-13-7-6-11(18-2)10-12(13)16/h4-8,10H,3,9,16H2,1-2H3. The molecule has 2 rings (SSSR count). The third-order valence-electron chi connectivity index (χ3n) is 2.62. The number of nitrogens with two attached hydrogens (primary N) is 1. The summed E-state index contributed by atoms with van der Waals surface area (Å²) in [5, 5.41) is 0. The van der Waals surface area contributed by atoms with Crippen LogP contribution in [-0.2, 0) is 0 Å². The van der Waals surface area contributed by atoms with Crippen molar-refractivity contribution in [1.29, 1.82) is 0 Å². The normalized spacial score (nSPS) is 10.1. The Kier molecular flexibility index (Phi) is 4.65. The Bertz CT molecular complexity index is 573. The lowest BCUT2D eigenvalue weighted by Crippen LogP contribution is -2.00. The highest BCUT2D eigenvalue weighted by molar-refractivity contribution is 5.57. The predicted molar refractivity (Wildman–Crippen MR) is 77.5 cm³/mol. The summed E-state index contributed by atoms with van der Waals surface area (Å²) >= 11 is 0. The zero-order valence-electron chi connectivity index (χ0n) is 11.6. The summed E-state index contributed by atoms with van der Waals surface area (Å²) in [4.78, 5) is 4.18. The van der Waals surface area contributed by atoms with E-state index < -0.39 is 0 Å². The molecule has 0 radical (unpaired) electrons. The van der Waals surface area contributed by atoms with Gasteiger partial charge in [0.15, 0.2) is 11.5 Å². The molecule has 0 spiro atoms. The zero-order valence-corrected chi connectivity index (χ0v) is 11.6. The van der Waals surface area contributed by atoms with Gasteiger partial charge in [-0.2, -0.15) is 0 Å². The largest absolute Gasteiger partial charge is 0.497 e. The Morgan fingerprint density at radius 3 is 2.75 bits per heavy atom. The van der Waals surface area contributed by atoms with E-state index in [2.05, 4.69) is 4.98 Å². The molecule has 106 valence electrons. The van der Waals surface area contributed by atoms with Crippen molar-refractivity contribution in [2.24, 2.45) is 0 Å². The van der Waals surface area contributed by atoms with Crippen LogP contribution in [0, 0.1) is 0 Å². The molecule has 0 aliphatic heterocycles. The molecular weight excluding hydrogens is 256 g/mol. The van der Waals surface area contributed by atoms with Gasteiger partial charge in [0.05, 0.1) is 19.4 Å². The van der Waals surface area contributed by atoms with Crippen molar-refractivity contribution in [2.75, 3.05) is 19.5 Å². The van der Waals surface area contributed by atoms with Crippen molar-refractivity contribution < 1.29 is 14.2 Å². The molecule has 0 amide bonds. The van der Waals surface area contributed by atoms with Crippen LogP contribution in [0.2, 0.25) is 0 Å². The molecule has 1 heterocycles. The van der Waals surface area contributed by atoms with Gasteiger partial charge in [-0.3, -0.25) is 0 Å². The first-order valence-corrected chi connectivity index (χ1v) is 6.43. The minimum atomic E-state index is 0.401. The van der Waals surface area contributed by atoms with Gasteiger partial charge in [-0.05, 0) is 30.7 Å². The highest BCUT2D eigenvalue weighted by Crippen LogP contribution is 2.33. The Morgan fingerprint density at radius 2 is 2.05 bits per heavy atom. The summed E-state index contributed by atoms with van der Waals surface area (Å²) in [5.74, 6) is 2.20. The maximum absolute atomic E-state index is 5.92. The van der Waals surface area contributed by atoms with Crippen molar-refractivity contribution in [3.05, 3.63) is 36.5 Å². The number of nitrogens with zero attached hydrogens (tertiary/aromatic N) is 1. The number of pyridine rings is 1. The highest BCUT2D eigenvalue weighted by Gasteiger charge is 2.10. The van der Waals surface area contributed by atoms with Crippen molar-refractivity contribution >= 4 is 5.69 Å². The van der Waals surface area contributed by atoms with E-state index in [0.717, 1.165) is 6.42 Å². The predicted octanol–water partition coefficient (Wildman–Crippen LogP) is 3.25. The van der Waals surface area contributed by atoms with Gasteiger partial charge in [0.2, 0.25) is 0 Å². The lowest BCUT2D eigenvalue weighted by Gasteiger charge is -2.12. The van der Waals surface area contributed by atoms with Crippen LogP contribution in [0.5, 0.6) is 23.1 Å². The van der Waals surface area contributed by atoms with E-state index in [9.17, 15) is 0 Å². The minimum Gasteiger partial charge on any atom is -0.497 e. The average molecular weight is 274 g/mol. The summed E-state index contributed by atoms with van der Waals surface area (Å²) in [7, 11) is 1.59. The molecule has 2 aromatic rings. The molecule has 2 N–H and O–H groups in total. The first kappa shape index (κ1) is 14.0. The van der Waals surface area contributed by atoms with Crippen molar-refractivity contribution in [2.45, 2.75) is 13.3 Å². The summed E-state index contributed by atoms with van der Waals surface area (Å²) in [5.41, 5.74) is 6.40. The first-order valence-electron chi connectivity index (χ1n) is 6.43. The van der Waals surface area contributed by atoms with E-state index in [-0.39, 0.29) is 0 Å². The number of anilines is 1. The van der Waals surface area contributed by atoms with Gasteiger partial charge >= 0.3 is 0 Å². The molecule has 0 aliphatic rings. The van der Waals surface area contributed by atoms with E-state index >= 15 is 0 Å². The van der Waals surface area contributed by atoms with Crippen LogP contribution in [0.4, 0.5) is 5.69 Å². The van der Waals surface area contributed by atoms with Crippen LogP contribution in [0.15, 0.2) is 36.5 Å². The van der Waals surface area contributed by atoms with E-state index in [1.54, 1.807) is 37.6 Å². The summed E-state index contributed by atoms with van der Waals surface area (Å²) < 4.78 is 16.4. The second-order valence-corrected chi connectivity index (χ2v) is 4.16. The molecule has 5 heteroatoms. The molecule has 0 saturated carbocycles. The SMILES string of the molecule is CCCOc1cccnc1Oc1ccc(OC)cc1N. The number of methoxy groups -OCH3 is 1. The molecule has 1 aromatic heterocycles. The van der Waals surface area contributed by atoms with Crippen LogP contribution in [-0.4, -0.2) is 18.7 Å². The molecule has 5 nitrogen and oxygen atoms in total. The van der Waals surface area contributed by atoms with Gasteiger partial charge in [0.1, 0.15) is 5.75 Å². The lowest BCUT2D eigenvalue weighted by atomic mass is 10.3. The number of rotatable bonds is 6. The molecule has 0 saturated heterocycles. The maximum Gasteiger partial charge on any atom is 0.262 e. The van der Waals surface area contributed by atoms with Crippen LogP contribution in [0.1, 0.15) is 13.3 Å². The molecule has 0 bridgehead atoms. The van der Waals surface area contributed by atoms with Crippen molar-refractivity contribution in [1.82, 2.24) is 4.98 Å². The van der Waals surface area contributed by atoms with E-state index in [4.69, 9.17) is 19.9 Å². The van der Waals surface area contributed by atoms with Crippen LogP contribution in [0.25, 0.3) is 0 Å². The minimum absolute atomic E-state index is 0.401. The Morgan fingerprint density at radius 1 is 1.20 bits per heavy atom. The van der Waals surface area contributed by atoms with Gasteiger partial charge in [0, 0.05) is 12.3 Å². The van der Waals surface area contributed by atoms with E-state index in [0.29, 0.717) is 35.4 Å². The third kappa shape index (κ3) is 3.32. The fourth-order valence-electron chi connectivity index (χ4n) is 1.63. The van der Waals surface area contributed by atoms with Gasteiger partial charge in [0.25, 0.3) is 5.88 Å². The molecule has 0 unspecified atom stereocenters. The second kappa shape index (κ2) is 6.65. The summed E-state index contributed by atoms with van der Waals surface area (Å²) in [6, 6.07) is 8.84. The molecule has 0 fully saturated rings. The number of ether oxygens (including phenoxy) is 3. The molecular formula is C15H18N2O3. The summed E-state index contributed by atoms with van der Waals surface area (Å²) in [6.45, 7) is 2.65. The quantitative estimate of drug-likeness (QED) is 0.819. The van der Waals surface area contributed by atoms with Gasteiger partial charge < -0.3 is 19.9 Å².